The van der Waals surface area contributed by atoms with Crippen LogP contribution in [0.3, 0.4) is 0 Å². The summed E-state index contributed by atoms with van der Waals surface area (Å²) in [6.07, 6.45) is 0.754. The van der Waals surface area contributed by atoms with E-state index in [4.69, 9.17) is 12.2 Å². The maximum atomic E-state index is 5.74. The molecule has 0 spiro atoms. The van der Waals surface area contributed by atoms with Crippen molar-refractivity contribution >= 4 is 22.9 Å². The largest absolute Gasteiger partial charge is 0.368 e. The van der Waals surface area contributed by atoms with E-state index in [1.54, 1.807) is 0 Å². The molecular formula is C25H27N3S. The molecule has 0 bridgehead atoms. The molecule has 0 atom stereocenters. The van der Waals surface area contributed by atoms with Crippen LogP contribution in [0.15, 0.2) is 66.7 Å². The van der Waals surface area contributed by atoms with Gasteiger partial charge in [0, 0.05) is 49.7 Å². The standard InChI is InChI=1S/C25H27N3S/c1-19-16-20(2)26-23(17-19)18-25(29)28-14-12-27(13-15-28)24-10-8-22(9-11-24)21-6-4-3-5-7-21/h3-11,16-17H,12-15,18H2,1-2H3. The summed E-state index contributed by atoms with van der Waals surface area (Å²) in [6, 6.07) is 23.7. The minimum Gasteiger partial charge on any atom is -0.368 e. The third kappa shape index (κ3) is 4.83. The van der Waals surface area contributed by atoms with Crippen LogP contribution >= 0.6 is 12.2 Å². The molecule has 3 aromatic rings. The number of benzene rings is 2. The third-order valence-electron chi connectivity index (χ3n) is 5.46. The van der Waals surface area contributed by atoms with Crippen molar-refractivity contribution in [3.05, 3.63) is 83.7 Å². The summed E-state index contributed by atoms with van der Waals surface area (Å²) >= 11 is 5.74. The lowest BCUT2D eigenvalue weighted by Gasteiger charge is -2.37. The lowest BCUT2D eigenvalue weighted by atomic mass is 10.1. The summed E-state index contributed by atoms with van der Waals surface area (Å²) in [5, 5.41) is 0. The number of nitrogens with zero attached hydrogens (tertiary/aromatic N) is 3. The van der Waals surface area contributed by atoms with E-state index in [1.165, 1.54) is 22.4 Å². The Bertz CT molecular complexity index is 954. The number of pyridine rings is 1. The number of aromatic nitrogens is 1. The molecule has 2 aromatic carbocycles. The minimum absolute atomic E-state index is 0.754. The third-order valence-corrected chi connectivity index (χ3v) is 5.86. The van der Waals surface area contributed by atoms with E-state index in [0.29, 0.717) is 0 Å². The van der Waals surface area contributed by atoms with Crippen LogP contribution in [0.25, 0.3) is 11.1 Å². The molecular weight excluding hydrogens is 374 g/mol. The van der Waals surface area contributed by atoms with Gasteiger partial charge in [-0.25, -0.2) is 0 Å². The fourth-order valence-electron chi connectivity index (χ4n) is 3.99. The molecule has 0 unspecified atom stereocenters. The molecule has 0 aliphatic carbocycles. The van der Waals surface area contributed by atoms with Crippen LogP contribution < -0.4 is 4.90 Å². The Hall–Kier alpha value is -2.72. The summed E-state index contributed by atoms with van der Waals surface area (Å²) in [5.41, 5.74) is 7.19. The van der Waals surface area contributed by atoms with Gasteiger partial charge in [0.2, 0.25) is 0 Å². The van der Waals surface area contributed by atoms with Crippen molar-refractivity contribution in [1.29, 1.82) is 0 Å². The van der Waals surface area contributed by atoms with Gasteiger partial charge in [0.1, 0.15) is 0 Å². The topological polar surface area (TPSA) is 19.4 Å². The molecule has 1 aromatic heterocycles. The predicted molar refractivity (Wildman–Crippen MR) is 126 cm³/mol. The number of hydrogen-bond acceptors (Lipinski definition) is 3. The Labute approximate surface area is 179 Å². The van der Waals surface area contributed by atoms with Gasteiger partial charge in [-0.05, 0) is 54.8 Å². The van der Waals surface area contributed by atoms with Gasteiger partial charge in [-0.2, -0.15) is 0 Å². The van der Waals surface area contributed by atoms with E-state index in [-0.39, 0.29) is 0 Å². The molecule has 1 aliphatic rings. The fraction of sp³-hybridized carbons (Fsp3) is 0.280. The van der Waals surface area contributed by atoms with Crippen molar-refractivity contribution in [2.45, 2.75) is 20.3 Å². The second-order valence-corrected chi connectivity index (χ2v) is 8.21. The molecule has 1 saturated heterocycles. The Morgan fingerprint density at radius 3 is 2.17 bits per heavy atom. The van der Waals surface area contributed by atoms with Gasteiger partial charge >= 0.3 is 0 Å². The van der Waals surface area contributed by atoms with Crippen molar-refractivity contribution in [2.75, 3.05) is 31.1 Å². The highest BCUT2D eigenvalue weighted by Gasteiger charge is 2.19. The van der Waals surface area contributed by atoms with Crippen molar-refractivity contribution in [3.63, 3.8) is 0 Å². The van der Waals surface area contributed by atoms with Crippen molar-refractivity contribution < 1.29 is 0 Å². The van der Waals surface area contributed by atoms with E-state index in [1.807, 2.05) is 6.92 Å². The molecule has 4 rings (SSSR count). The Morgan fingerprint density at radius 1 is 0.862 bits per heavy atom. The van der Waals surface area contributed by atoms with E-state index < -0.39 is 0 Å². The number of aryl methyl sites for hydroxylation is 2. The molecule has 0 N–H and O–H groups in total. The number of hydrogen-bond donors (Lipinski definition) is 0. The molecule has 0 radical (unpaired) electrons. The predicted octanol–water partition coefficient (Wildman–Crippen LogP) is 5.06. The lowest BCUT2D eigenvalue weighted by molar-refractivity contribution is 0.387. The average molecular weight is 402 g/mol. The first kappa shape index (κ1) is 19.6. The van der Waals surface area contributed by atoms with Crippen LogP contribution in [-0.2, 0) is 6.42 Å². The van der Waals surface area contributed by atoms with Gasteiger partial charge in [0.15, 0.2) is 0 Å². The Kier molecular flexibility index (Phi) is 5.91. The smallest absolute Gasteiger partial charge is 0.0840 e. The maximum Gasteiger partial charge on any atom is 0.0840 e. The van der Waals surface area contributed by atoms with Crippen LogP contribution in [0.2, 0.25) is 0 Å². The first-order valence-electron chi connectivity index (χ1n) is 10.2. The van der Waals surface area contributed by atoms with Crippen LogP contribution in [-0.4, -0.2) is 41.1 Å². The average Bonchev–Trinajstić information content (AvgIpc) is 2.74. The highest BCUT2D eigenvalue weighted by molar-refractivity contribution is 7.80. The number of piperazine rings is 1. The van der Waals surface area contributed by atoms with Crippen LogP contribution in [0.4, 0.5) is 5.69 Å². The number of thiocarbonyl (C=S) groups is 1. The Morgan fingerprint density at radius 2 is 1.52 bits per heavy atom. The zero-order chi connectivity index (χ0) is 20.2. The normalized spacial score (nSPS) is 14.1. The first-order chi connectivity index (χ1) is 14.1. The molecule has 29 heavy (non-hydrogen) atoms. The second-order valence-electron chi connectivity index (χ2n) is 7.73. The van der Waals surface area contributed by atoms with Gasteiger partial charge in [-0.15, -0.1) is 0 Å². The molecule has 2 heterocycles. The van der Waals surface area contributed by atoms with E-state index in [0.717, 1.165) is 49.0 Å². The highest BCUT2D eigenvalue weighted by atomic mass is 32.1. The summed E-state index contributed by atoms with van der Waals surface area (Å²) in [4.78, 5) is 10.4. The van der Waals surface area contributed by atoms with Crippen molar-refractivity contribution in [2.24, 2.45) is 0 Å². The maximum absolute atomic E-state index is 5.74. The van der Waals surface area contributed by atoms with Crippen molar-refractivity contribution in [3.8, 4) is 11.1 Å². The summed E-state index contributed by atoms with van der Waals surface area (Å²) < 4.78 is 0. The van der Waals surface area contributed by atoms with Crippen LogP contribution in [0, 0.1) is 13.8 Å². The van der Waals surface area contributed by atoms with E-state index in [9.17, 15) is 0 Å². The number of rotatable bonds is 4. The molecule has 1 fully saturated rings. The van der Waals surface area contributed by atoms with Crippen molar-refractivity contribution in [1.82, 2.24) is 9.88 Å². The van der Waals surface area contributed by atoms with Gasteiger partial charge in [0.25, 0.3) is 0 Å². The molecule has 148 valence electrons. The summed E-state index contributed by atoms with van der Waals surface area (Å²) in [7, 11) is 0. The van der Waals surface area contributed by atoms with Gasteiger partial charge in [-0.3, -0.25) is 4.98 Å². The molecule has 0 amide bonds. The zero-order valence-electron chi connectivity index (χ0n) is 17.1. The minimum atomic E-state index is 0.754. The monoisotopic (exact) mass is 401 g/mol. The second kappa shape index (κ2) is 8.75. The Balaban J connectivity index is 1.35. The summed E-state index contributed by atoms with van der Waals surface area (Å²) in [5.74, 6) is 0. The quantitative estimate of drug-likeness (QED) is 0.569. The van der Waals surface area contributed by atoms with Gasteiger partial charge in [-0.1, -0.05) is 54.7 Å². The van der Waals surface area contributed by atoms with Gasteiger partial charge < -0.3 is 9.80 Å². The fourth-order valence-corrected chi connectivity index (χ4v) is 4.32. The first-order valence-corrected chi connectivity index (χ1v) is 10.6. The molecule has 3 nitrogen and oxygen atoms in total. The summed E-state index contributed by atoms with van der Waals surface area (Å²) in [6.45, 7) is 8.06. The van der Waals surface area contributed by atoms with E-state index >= 15 is 0 Å². The molecule has 1 aliphatic heterocycles. The highest BCUT2D eigenvalue weighted by Crippen LogP contribution is 2.24. The van der Waals surface area contributed by atoms with Crippen LogP contribution in [0.1, 0.15) is 17.0 Å². The lowest BCUT2D eigenvalue weighted by Crippen LogP contribution is -2.48. The van der Waals surface area contributed by atoms with Crippen LogP contribution in [0.5, 0.6) is 0 Å². The van der Waals surface area contributed by atoms with E-state index in [2.05, 4.69) is 88.4 Å². The van der Waals surface area contributed by atoms with Gasteiger partial charge in [0.05, 0.1) is 4.99 Å². The number of anilines is 1. The molecule has 0 saturated carbocycles. The zero-order valence-corrected chi connectivity index (χ0v) is 18.0. The molecule has 4 heteroatoms. The SMILES string of the molecule is Cc1cc(C)nc(CC(=S)N2CCN(c3ccc(-c4ccccc4)cc3)CC2)c1.